The molecular weight excluding hydrogens is 294 g/mol. The van der Waals surface area contributed by atoms with E-state index in [2.05, 4.69) is 9.71 Å². The van der Waals surface area contributed by atoms with Crippen molar-refractivity contribution in [2.75, 3.05) is 10.5 Å². The minimum Gasteiger partial charge on any atom is -0.396 e. The highest BCUT2D eigenvalue weighted by atomic mass is 35.5. The van der Waals surface area contributed by atoms with Gasteiger partial charge in [0.1, 0.15) is 4.21 Å². The second-order valence-corrected chi connectivity index (χ2v) is 7.15. The van der Waals surface area contributed by atoms with Gasteiger partial charge in [0.15, 0.2) is 0 Å². The maximum absolute atomic E-state index is 12.1. The average Bonchev–Trinajstić information content (AvgIpc) is 2.63. The predicted molar refractivity (Wildman–Crippen MR) is 73.5 cm³/mol. The van der Waals surface area contributed by atoms with Crippen molar-refractivity contribution in [1.82, 2.24) is 4.98 Å². The Bertz CT molecular complexity index is 663. The third-order valence-corrected chi connectivity index (χ3v) is 5.59. The highest BCUT2D eigenvalue weighted by Gasteiger charge is 2.19. The summed E-state index contributed by atoms with van der Waals surface area (Å²) in [5.74, 6) is 0. The van der Waals surface area contributed by atoms with Gasteiger partial charge in [-0.05, 0) is 24.6 Å². The number of sulfonamides is 1. The number of hydrogen-bond acceptors (Lipinski definition) is 5. The number of hydrogen-bond donors (Lipinski definition) is 2. The van der Waals surface area contributed by atoms with Gasteiger partial charge in [-0.15, -0.1) is 11.3 Å². The van der Waals surface area contributed by atoms with E-state index in [0.29, 0.717) is 10.0 Å². The van der Waals surface area contributed by atoms with Gasteiger partial charge in [0.2, 0.25) is 0 Å². The summed E-state index contributed by atoms with van der Waals surface area (Å²) in [7, 11) is -3.66. The maximum Gasteiger partial charge on any atom is 0.271 e. The van der Waals surface area contributed by atoms with Crippen molar-refractivity contribution in [3.63, 3.8) is 0 Å². The minimum absolute atomic E-state index is 0.154. The standard InChI is InChI=1S/C10H10ClN3O2S2/c1-6-4-9(17-10(6)11)18(15,16)14-8-2-3-13-5-7(8)12/h2-5H,12H2,1H3,(H,13,14). The van der Waals surface area contributed by atoms with Crippen LogP contribution in [0.5, 0.6) is 0 Å². The van der Waals surface area contributed by atoms with E-state index < -0.39 is 10.0 Å². The summed E-state index contributed by atoms with van der Waals surface area (Å²) in [6.45, 7) is 1.75. The van der Waals surface area contributed by atoms with Crippen LogP contribution in [0.2, 0.25) is 4.34 Å². The summed E-state index contributed by atoms with van der Waals surface area (Å²) in [6, 6.07) is 3.02. The fourth-order valence-electron chi connectivity index (χ4n) is 1.26. The number of aryl methyl sites for hydroxylation is 1. The fraction of sp³-hybridized carbons (Fsp3) is 0.100. The predicted octanol–water partition coefficient (Wildman–Crippen LogP) is 2.49. The van der Waals surface area contributed by atoms with Crippen molar-refractivity contribution in [2.24, 2.45) is 0 Å². The molecule has 0 aromatic carbocycles. The molecule has 5 nitrogen and oxygen atoms in total. The van der Waals surface area contributed by atoms with Crippen LogP contribution in [0.15, 0.2) is 28.7 Å². The van der Waals surface area contributed by atoms with Gasteiger partial charge in [-0.1, -0.05) is 11.6 Å². The summed E-state index contributed by atoms with van der Waals surface area (Å²) in [4.78, 5) is 3.79. The highest BCUT2D eigenvalue weighted by Crippen LogP contribution is 2.31. The smallest absolute Gasteiger partial charge is 0.271 e. The Hall–Kier alpha value is -1.31. The van der Waals surface area contributed by atoms with Gasteiger partial charge in [0.25, 0.3) is 10.0 Å². The number of halogens is 1. The van der Waals surface area contributed by atoms with E-state index in [9.17, 15) is 8.42 Å². The van der Waals surface area contributed by atoms with E-state index >= 15 is 0 Å². The molecule has 0 aliphatic rings. The zero-order valence-electron chi connectivity index (χ0n) is 9.34. The zero-order valence-corrected chi connectivity index (χ0v) is 11.7. The lowest BCUT2D eigenvalue weighted by molar-refractivity contribution is 0.603. The quantitative estimate of drug-likeness (QED) is 0.912. The van der Waals surface area contributed by atoms with E-state index in [1.165, 1.54) is 24.5 Å². The second kappa shape index (κ2) is 4.75. The normalized spacial score (nSPS) is 11.4. The monoisotopic (exact) mass is 303 g/mol. The number of anilines is 2. The first-order valence-electron chi connectivity index (χ1n) is 4.88. The molecule has 3 N–H and O–H groups in total. The lowest BCUT2D eigenvalue weighted by atomic mass is 10.4. The first kappa shape index (κ1) is 13.1. The Kier molecular flexibility index (Phi) is 3.47. The highest BCUT2D eigenvalue weighted by molar-refractivity contribution is 7.94. The van der Waals surface area contributed by atoms with Crippen molar-refractivity contribution in [3.05, 3.63) is 34.4 Å². The van der Waals surface area contributed by atoms with Crippen molar-refractivity contribution in [3.8, 4) is 0 Å². The number of rotatable bonds is 3. The molecule has 2 heterocycles. The van der Waals surface area contributed by atoms with Crippen molar-refractivity contribution in [1.29, 1.82) is 0 Å². The van der Waals surface area contributed by atoms with Crippen LogP contribution in [-0.2, 0) is 10.0 Å². The molecule has 0 saturated heterocycles. The number of aromatic nitrogens is 1. The molecule has 0 amide bonds. The van der Waals surface area contributed by atoms with E-state index in [0.717, 1.165) is 16.9 Å². The lowest BCUT2D eigenvalue weighted by Crippen LogP contribution is -2.12. The Labute approximate surface area is 114 Å². The van der Waals surface area contributed by atoms with Crippen LogP contribution in [0, 0.1) is 6.92 Å². The number of pyridine rings is 1. The SMILES string of the molecule is Cc1cc(S(=O)(=O)Nc2ccncc2N)sc1Cl. The number of thiophene rings is 1. The molecule has 0 aliphatic heterocycles. The molecule has 96 valence electrons. The van der Waals surface area contributed by atoms with Crippen LogP contribution >= 0.6 is 22.9 Å². The molecule has 0 bridgehead atoms. The van der Waals surface area contributed by atoms with Gasteiger partial charge in [0, 0.05) is 6.20 Å². The van der Waals surface area contributed by atoms with Gasteiger partial charge in [0.05, 0.1) is 21.9 Å². The molecule has 0 spiro atoms. The van der Waals surface area contributed by atoms with Crippen LogP contribution in [-0.4, -0.2) is 13.4 Å². The van der Waals surface area contributed by atoms with Gasteiger partial charge >= 0.3 is 0 Å². The van der Waals surface area contributed by atoms with Crippen LogP contribution in [0.4, 0.5) is 11.4 Å². The largest absolute Gasteiger partial charge is 0.396 e. The van der Waals surface area contributed by atoms with Crippen LogP contribution in [0.1, 0.15) is 5.56 Å². The van der Waals surface area contributed by atoms with Crippen molar-refractivity contribution < 1.29 is 8.42 Å². The first-order chi connectivity index (χ1) is 8.40. The van der Waals surface area contributed by atoms with Crippen LogP contribution < -0.4 is 10.5 Å². The van der Waals surface area contributed by atoms with Crippen molar-refractivity contribution in [2.45, 2.75) is 11.1 Å². The zero-order chi connectivity index (χ0) is 13.3. The summed E-state index contributed by atoms with van der Waals surface area (Å²) in [5.41, 5.74) is 6.92. The van der Waals surface area contributed by atoms with E-state index in [1.807, 2.05) is 0 Å². The summed E-state index contributed by atoms with van der Waals surface area (Å²) in [6.07, 6.45) is 2.84. The lowest BCUT2D eigenvalue weighted by Gasteiger charge is -2.07. The number of nitrogens with two attached hydrogens (primary N) is 1. The molecule has 2 aromatic heterocycles. The maximum atomic E-state index is 12.1. The summed E-state index contributed by atoms with van der Waals surface area (Å²) >= 11 is 6.87. The molecule has 2 aromatic rings. The van der Waals surface area contributed by atoms with Gasteiger partial charge in [-0.25, -0.2) is 8.42 Å². The third-order valence-electron chi connectivity index (χ3n) is 2.20. The van der Waals surface area contributed by atoms with Gasteiger partial charge in [-0.3, -0.25) is 9.71 Å². The number of nitrogens with zero attached hydrogens (tertiary/aromatic N) is 1. The average molecular weight is 304 g/mol. The Morgan fingerprint density at radius 2 is 2.22 bits per heavy atom. The van der Waals surface area contributed by atoms with Gasteiger partial charge < -0.3 is 5.73 Å². The first-order valence-corrected chi connectivity index (χ1v) is 7.56. The minimum atomic E-state index is -3.66. The topological polar surface area (TPSA) is 85.1 Å². The molecular formula is C10H10ClN3O2S2. The molecule has 0 fully saturated rings. The molecule has 0 radical (unpaired) electrons. The van der Waals surface area contributed by atoms with Crippen LogP contribution in [0.3, 0.4) is 0 Å². The Morgan fingerprint density at radius 1 is 1.50 bits per heavy atom. The van der Waals surface area contributed by atoms with Gasteiger partial charge in [-0.2, -0.15) is 0 Å². The van der Waals surface area contributed by atoms with Crippen molar-refractivity contribution >= 4 is 44.3 Å². The van der Waals surface area contributed by atoms with E-state index in [4.69, 9.17) is 17.3 Å². The summed E-state index contributed by atoms with van der Waals surface area (Å²) in [5, 5.41) is 0. The molecule has 8 heteroatoms. The van der Waals surface area contributed by atoms with E-state index in [1.54, 1.807) is 6.92 Å². The van der Waals surface area contributed by atoms with E-state index in [-0.39, 0.29) is 9.90 Å². The fourth-order valence-corrected chi connectivity index (χ4v) is 4.05. The molecule has 0 unspecified atom stereocenters. The number of nitrogen functional groups attached to an aromatic ring is 1. The molecule has 18 heavy (non-hydrogen) atoms. The summed E-state index contributed by atoms with van der Waals surface area (Å²) < 4.78 is 27.2. The number of nitrogens with one attached hydrogen (secondary N) is 1. The second-order valence-electron chi connectivity index (χ2n) is 3.59. The molecule has 0 aliphatic carbocycles. The van der Waals surface area contributed by atoms with Crippen LogP contribution in [0.25, 0.3) is 0 Å². The molecule has 2 rings (SSSR count). The molecule has 0 atom stereocenters. The molecule has 0 saturated carbocycles. The Balaban J connectivity index is 2.36. The third kappa shape index (κ3) is 2.58. The Morgan fingerprint density at radius 3 is 2.78 bits per heavy atom.